The minimum absolute atomic E-state index is 0.162. The molecule has 6 rings (SSSR count). The predicted molar refractivity (Wildman–Crippen MR) is 123 cm³/mol. The molecule has 0 radical (unpaired) electrons. The summed E-state index contributed by atoms with van der Waals surface area (Å²) in [6.45, 7) is 13.2. The molecule has 4 saturated carbocycles. The highest BCUT2D eigenvalue weighted by Gasteiger charge is 2.71. The van der Waals surface area contributed by atoms with E-state index in [0.717, 1.165) is 49.5 Å². The molecule has 2 aliphatic heterocycles. The molecule has 31 heavy (non-hydrogen) atoms. The first-order valence-corrected chi connectivity index (χ1v) is 13.6. The van der Waals surface area contributed by atoms with Crippen LogP contribution < -0.4 is 5.32 Å². The van der Waals surface area contributed by atoms with E-state index in [2.05, 4.69) is 39.9 Å². The summed E-state index contributed by atoms with van der Waals surface area (Å²) < 4.78 is 6.94. The van der Waals surface area contributed by atoms with Crippen LogP contribution in [0.25, 0.3) is 0 Å². The lowest BCUT2D eigenvalue weighted by Gasteiger charge is -2.60. The van der Waals surface area contributed by atoms with Crippen LogP contribution in [0.3, 0.4) is 0 Å². The third kappa shape index (κ3) is 2.69. The first-order chi connectivity index (χ1) is 14.7. The van der Waals surface area contributed by atoms with Crippen LogP contribution in [-0.2, 0) is 9.53 Å². The smallest absolute Gasteiger partial charge is 0.139 e. The van der Waals surface area contributed by atoms with Crippen molar-refractivity contribution in [1.82, 2.24) is 5.32 Å². The highest BCUT2D eigenvalue weighted by Crippen LogP contribution is 2.70. The summed E-state index contributed by atoms with van der Waals surface area (Å²) in [4.78, 5) is 14.1. The molecule has 3 nitrogen and oxygen atoms in total. The van der Waals surface area contributed by atoms with Crippen LogP contribution in [0.2, 0.25) is 0 Å². The highest BCUT2D eigenvalue weighted by molar-refractivity contribution is 5.87. The van der Waals surface area contributed by atoms with Crippen molar-refractivity contribution >= 4 is 5.78 Å². The molecule has 0 aromatic carbocycles. The van der Waals surface area contributed by atoms with Crippen LogP contribution in [-0.4, -0.2) is 24.2 Å². The number of carbonyl (C=O) groups excluding carboxylic acids is 1. The summed E-state index contributed by atoms with van der Waals surface area (Å²) >= 11 is 0. The van der Waals surface area contributed by atoms with Crippen LogP contribution in [0.5, 0.6) is 0 Å². The Balaban J connectivity index is 1.30. The second kappa shape index (κ2) is 6.81. The zero-order valence-electron chi connectivity index (χ0n) is 20.6. The molecule has 6 aliphatic rings. The molecule has 2 saturated heterocycles. The Kier molecular flexibility index (Phi) is 4.65. The van der Waals surface area contributed by atoms with Crippen molar-refractivity contribution in [3.05, 3.63) is 0 Å². The number of rotatable bonds is 0. The summed E-state index contributed by atoms with van der Waals surface area (Å²) in [5.74, 6) is 5.82. The number of carbonyl (C=O) groups is 1. The third-order valence-corrected chi connectivity index (χ3v) is 12.3. The van der Waals surface area contributed by atoms with E-state index < -0.39 is 0 Å². The SMILES string of the molecule is CC1CC[C@@]2(C)[C@@H](CC[C@H]3[C@@H]2CC(=O)[C@]2(C)[C@@H]4[C@H](C[C@@H]32)O[C@]2(CC[C@@H](C)CN2)[C@H]4C)C1. The average molecular weight is 428 g/mol. The number of nitrogens with one attached hydrogen (secondary N) is 1. The van der Waals surface area contributed by atoms with Crippen molar-refractivity contribution in [2.45, 2.75) is 104 Å². The van der Waals surface area contributed by atoms with Gasteiger partial charge in [-0.2, -0.15) is 0 Å². The van der Waals surface area contributed by atoms with Gasteiger partial charge in [0, 0.05) is 30.2 Å². The number of hydrogen-bond donors (Lipinski definition) is 1. The van der Waals surface area contributed by atoms with Crippen molar-refractivity contribution in [3.8, 4) is 0 Å². The molecule has 6 fully saturated rings. The lowest BCUT2D eigenvalue weighted by Crippen LogP contribution is -2.59. The summed E-state index contributed by atoms with van der Waals surface area (Å²) in [5, 5.41) is 3.82. The first-order valence-electron chi connectivity index (χ1n) is 13.6. The van der Waals surface area contributed by atoms with E-state index in [1.807, 2.05) is 0 Å². The van der Waals surface area contributed by atoms with Crippen LogP contribution in [0.1, 0.15) is 92.4 Å². The van der Waals surface area contributed by atoms with Gasteiger partial charge in [-0.05, 0) is 85.9 Å². The maximum atomic E-state index is 14.1. The second-order valence-electron chi connectivity index (χ2n) is 13.6. The van der Waals surface area contributed by atoms with Crippen LogP contribution in [0, 0.1) is 58.2 Å². The highest BCUT2D eigenvalue weighted by atomic mass is 16.5. The van der Waals surface area contributed by atoms with E-state index in [1.165, 1.54) is 38.5 Å². The van der Waals surface area contributed by atoms with Crippen LogP contribution in [0.15, 0.2) is 0 Å². The fraction of sp³-hybridized carbons (Fsp3) is 0.964. The maximum Gasteiger partial charge on any atom is 0.139 e. The summed E-state index contributed by atoms with van der Waals surface area (Å²) in [6.07, 6.45) is 11.5. The van der Waals surface area contributed by atoms with E-state index in [4.69, 9.17) is 4.74 Å². The molecule has 0 aromatic heterocycles. The van der Waals surface area contributed by atoms with Crippen molar-refractivity contribution in [2.75, 3.05) is 6.54 Å². The molecule has 12 atom stereocenters. The molecular weight excluding hydrogens is 382 g/mol. The topological polar surface area (TPSA) is 38.3 Å². The maximum absolute atomic E-state index is 14.1. The number of ketones is 1. The molecule has 1 N–H and O–H groups in total. The van der Waals surface area contributed by atoms with Gasteiger partial charge >= 0.3 is 0 Å². The van der Waals surface area contributed by atoms with Crippen molar-refractivity contribution < 1.29 is 9.53 Å². The van der Waals surface area contributed by atoms with Crippen molar-refractivity contribution in [3.63, 3.8) is 0 Å². The monoisotopic (exact) mass is 427 g/mol. The number of piperidine rings is 1. The summed E-state index contributed by atoms with van der Waals surface area (Å²) in [5.41, 5.74) is 0.0691. The molecule has 0 amide bonds. The minimum atomic E-state index is -0.171. The summed E-state index contributed by atoms with van der Waals surface area (Å²) in [7, 11) is 0. The van der Waals surface area contributed by atoms with Crippen molar-refractivity contribution in [2.24, 2.45) is 58.2 Å². The van der Waals surface area contributed by atoms with Gasteiger partial charge < -0.3 is 4.74 Å². The van der Waals surface area contributed by atoms with Gasteiger partial charge in [0.15, 0.2) is 0 Å². The average Bonchev–Trinajstić information content (AvgIpc) is 3.18. The largest absolute Gasteiger partial charge is 0.357 e. The Bertz CT molecular complexity index is 756. The standard InChI is InChI=1S/C28H45NO2/c1-16-8-10-26(4)19(12-16)6-7-20-21(26)14-24(30)27(5)22(20)13-23-25(27)18(3)28(31-23)11-9-17(2)15-29-28/h16-23,25,29H,6-15H2,1-5H3/t16?,17-,18+,19+,20+,21+,22+,23+,25+,26+,27-,28-/m1/s1. The Morgan fingerprint density at radius 1 is 0.935 bits per heavy atom. The van der Waals surface area contributed by atoms with Gasteiger partial charge in [-0.1, -0.05) is 41.0 Å². The number of Topliss-reactive ketones (excluding diaryl/α,β-unsaturated/α-hetero) is 1. The molecule has 1 unspecified atom stereocenters. The van der Waals surface area contributed by atoms with E-state index in [9.17, 15) is 4.79 Å². The predicted octanol–water partition coefficient (Wildman–Crippen LogP) is 5.82. The zero-order valence-corrected chi connectivity index (χ0v) is 20.6. The fourth-order valence-corrected chi connectivity index (χ4v) is 10.3. The molecule has 1 spiro atoms. The lowest BCUT2D eigenvalue weighted by atomic mass is 9.43. The second-order valence-corrected chi connectivity index (χ2v) is 13.6. The Morgan fingerprint density at radius 2 is 1.71 bits per heavy atom. The molecule has 0 bridgehead atoms. The molecular formula is C28H45NO2. The number of hydrogen-bond acceptors (Lipinski definition) is 3. The fourth-order valence-electron chi connectivity index (χ4n) is 10.3. The third-order valence-electron chi connectivity index (χ3n) is 12.3. The van der Waals surface area contributed by atoms with E-state index in [-0.39, 0.29) is 17.2 Å². The van der Waals surface area contributed by atoms with Gasteiger partial charge in [-0.15, -0.1) is 0 Å². The van der Waals surface area contributed by atoms with Gasteiger partial charge in [-0.3, -0.25) is 10.1 Å². The molecule has 2 heterocycles. The number of ether oxygens (including phenoxy) is 1. The molecule has 0 aromatic rings. The van der Waals surface area contributed by atoms with E-state index >= 15 is 0 Å². The molecule has 4 aliphatic carbocycles. The van der Waals surface area contributed by atoms with Crippen LogP contribution >= 0.6 is 0 Å². The molecule has 3 heteroatoms. The van der Waals surface area contributed by atoms with Gasteiger partial charge in [0.1, 0.15) is 11.5 Å². The Labute approximate surface area is 189 Å². The van der Waals surface area contributed by atoms with E-state index in [0.29, 0.717) is 34.9 Å². The van der Waals surface area contributed by atoms with Gasteiger partial charge in [-0.25, -0.2) is 0 Å². The quantitative estimate of drug-likeness (QED) is 0.529. The van der Waals surface area contributed by atoms with Crippen LogP contribution in [0.4, 0.5) is 0 Å². The van der Waals surface area contributed by atoms with E-state index in [1.54, 1.807) is 0 Å². The van der Waals surface area contributed by atoms with Gasteiger partial charge in [0.05, 0.1) is 6.10 Å². The zero-order chi connectivity index (χ0) is 21.8. The van der Waals surface area contributed by atoms with Gasteiger partial charge in [0.25, 0.3) is 0 Å². The summed E-state index contributed by atoms with van der Waals surface area (Å²) in [6, 6.07) is 0. The number of fused-ring (bicyclic) bond motifs is 7. The minimum Gasteiger partial charge on any atom is -0.357 e. The lowest BCUT2D eigenvalue weighted by molar-refractivity contribution is -0.161. The van der Waals surface area contributed by atoms with Gasteiger partial charge in [0.2, 0.25) is 0 Å². The van der Waals surface area contributed by atoms with Crippen molar-refractivity contribution in [1.29, 1.82) is 0 Å². The Morgan fingerprint density at radius 3 is 2.45 bits per heavy atom. The first kappa shape index (κ1) is 21.1. The molecule has 174 valence electrons. The normalized spacial score (nSPS) is 60.9. The Hall–Kier alpha value is -0.410.